The molecule has 0 amide bonds. The van der Waals surface area contributed by atoms with Crippen molar-refractivity contribution in [1.29, 1.82) is 0 Å². The number of halogens is 2. The SMILES string of the molecule is CCCCCCCCCCc1ccc(-c2ccccc2)c(-c2cccc(OC(F)F)c2)c1. The van der Waals surface area contributed by atoms with Gasteiger partial charge in [-0.05, 0) is 52.8 Å². The van der Waals surface area contributed by atoms with Gasteiger partial charge in [0.15, 0.2) is 0 Å². The molecule has 170 valence electrons. The van der Waals surface area contributed by atoms with E-state index in [4.69, 9.17) is 0 Å². The maximum atomic E-state index is 12.7. The van der Waals surface area contributed by atoms with Gasteiger partial charge in [0, 0.05) is 0 Å². The average Bonchev–Trinajstić information content (AvgIpc) is 2.81. The molecule has 0 bridgehead atoms. The van der Waals surface area contributed by atoms with Crippen LogP contribution in [0.2, 0.25) is 0 Å². The Balaban J connectivity index is 1.75. The fourth-order valence-corrected chi connectivity index (χ4v) is 4.16. The summed E-state index contributed by atoms with van der Waals surface area (Å²) in [4.78, 5) is 0. The van der Waals surface area contributed by atoms with E-state index in [1.807, 2.05) is 24.3 Å². The normalized spacial score (nSPS) is 11.1. The number of alkyl halides is 2. The van der Waals surface area contributed by atoms with Crippen molar-refractivity contribution < 1.29 is 13.5 Å². The Labute approximate surface area is 191 Å². The predicted octanol–water partition coefficient (Wildman–Crippen LogP) is 9.31. The highest BCUT2D eigenvalue weighted by Gasteiger charge is 2.11. The molecule has 0 heterocycles. The molecule has 0 saturated carbocycles. The summed E-state index contributed by atoms with van der Waals surface area (Å²) in [5, 5.41) is 0. The molecule has 0 N–H and O–H groups in total. The minimum Gasteiger partial charge on any atom is -0.435 e. The predicted molar refractivity (Wildman–Crippen MR) is 130 cm³/mol. The highest BCUT2D eigenvalue weighted by atomic mass is 19.3. The first kappa shape index (κ1) is 24.0. The van der Waals surface area contributed by atoms with E-state index >= 15 is 0 Å². The molecule has 0 saturated heterocycles. The lowest BCUT2D eigenvalue weighted by molar-refractivity contribution is -0.0498. The number of ether oxygens (including phenoxy) is 1. The molecule has 0 unspecified atom stereocenters. The monoisotopic (exact) mass is 436 g/mol. The van der Waals surface area contributed by atoms with E-state index in [-0.39, 0.29) is 5.75 Å². The summed E-state index contributed by atoms with van der Waals surface area (Å²) >= 11 is 0. The molecular weight excluding hydrogens is 402 g/mol. The summed E-state index contributed by atoms with van der Waals surface area (Å²) in [6, 6.07) is 23.8. The quantitative estimate of drug-likeness (QED) is 0.243. The van der Waals surface area contributed by atoms with Gasteiger partial charge in [-0.25, -0.2) is 0 Å². The standard InChI is InChI=1S/C29H34F2O/c1-2-3-4-5-6-7-8-10-14-23-19-20-27(24-15-11-9-12-16-24)28(21-23)25-17-13-18-26(22-25)32-29(30)31/h9,11-13,15-22,29H,2-8,10,14H2,1H3. The summed E-state index contributed by atoms with van der Waals surface area (Å²) < 4.78 is 30.1. The second-order valence-electron chi connectivity index (χ2n) is 8.38. The van der Waals surface area contributed by atoms with Crippen molar-refractivity contribution in [2.24, 2.45) is 0 Å². The highest BCUT2D eigenvalue weighted by molar-refractivity contribution is 5.84. The molecule has 0 aliphatic heterocycles. The molecule has 0 atom stereocenters. The minimum atomic E-state index is -2.83. The first-order valence-corrected chi connectivity index (χ1v) is 11.9. The number of hydrogen-bond acceptors (Lipinski definition) is 1. The Hall–Kier alpha value is -2.68. The van der Waals surface area contributed by atoms with E-state index in [2.05, 4.69) is 42.0 Å². The highest BCUT2D eigenvalue weighted by Crippen LogP contribution is 2.35. The Morgan fingerprint density at radius 2 is 1.34 bits per heavy atom. The fraction of sp³-hybridized carbons (Fsp3) is 0.379. The molecule has 3 aromatic carbocycles. The van der Waals surface area contributed by atoms with Gasteiger partial charge in [-0.1, -0.05) is 113 Å². The van der Waals surface area contributed by atoms with Crippen molar-refractivity contribution >= 4 is 0 Å². The van der Waals surface area contributed by atoms with E-state index in [9.17, 15) is 8.78 Å². The third-order valence-corrected chi connectivity index (χ3v) is 5.86. The van der Waals surface area contributed by atoms with Crippen LogP contribution in [-0.2, 0) is 6.42 Å². The van der Waals surface area contributed by atoms with Gasteiger partial charge in [-0.15, -0.1) is 0 Å². The zero-order valence-corrected chi connectivity index (χ0v) is 19.0. The van der Waals surface area contributed by atoms with Gasteiger partial charge in [-0.2, -0.15) is 8.78 Å². The first-order chi connectivity index (χ1) is 15.7. The van der Waals surface area contributed by atoms with Crippen LogP contribution in [0.25, 0.3) is 22.3 Å². The molecular formula is C29H34F2O. The topological polar surface area (TPSA) is 9.23 Å². The van der Waals surface area contributed by atoms with Crippen molar-refractivity contribution in [2.45, 2.75) is 71.3 Å². The van der Waals surface area contributed by atoms with Crippen LogP contribution in [0.1, 0.15) is 63.9 Å². The third kappa shape index (κ3) is 7.47. The van der Waals surface area contributed by atoms with Gasteiger partial charge >= 0.3 is 6.61 Å². The second-order valence-corrected chi connectivity index (χ2v) is 8.38. The van der Waals surface area contributed by atoms with Crippen molar-refractivity contribution in [3.05, 3.63) is 78.4 Å². The molecule has 3 aromatic rings. The lowest BCUT2D eigenvalue weighted by Crippen LogP contribution is -2.01. The minimum absolute atomic E-state index is 0.185. The largest absolute Gasteiger partial charge is 0.435 e. The van der Waals surface area contributed by atoms with Crippen LogP contribution < -0.4 is 4.74 Å². The van der Waals surface area contributed by atoms with Gasteiger partial charge in [0.2, 0.25) is 0 Å². The number of hydrogen-bond donors (Lipinski definition) is 0. The first-order valence-electron chi connectivity index (χ1n) is 11.9. The maximum absolute atomic E-state index is 12.7. The van der Waals surface area contributed by atoms with Crippen LogP contribution in [0.4, 0.5) is 8.78 Å². The van der Waals surface area contributed by atoms with Crippen molar-refractivity contribution in [2.75, 3.05) is 0 Å². The molecule has 0 fully saturated rings. The second kappa shape index (κ2) is 13.0. The summed E-state index contributed by atoms with van der Waals surface area (Å²) in [6.45, 7) is -0.577. The van der Waals surface area contributed by atoms with Gasteiger partial charge in [-0.3, -0.25) is 0 Å². The van der Waals surface area contributed by atoms with Crippen LogP contribution in [0.3, 0.4) is 0 Å². The molecule has 0 aromatic heterocycles. The van der Waals surface area contributed by atoms with Crippen LogP contribution in [0.15, 0.2) is 72.8 Å². The number of aryl methyl sites for hydroxylation is 1. The van der Waals surface area contributed by atoms with E-state index < -0.39 is 6.61 Å². The average molecular weight is 437 g/mol. The van der Waals surface area contributed by atoms with Crippen LogP contribution >= 0.6 is 0 Å². The van der Waals surface area contributed by atoms with Gasteiger partial charge < -0.3 is 4.74 Å². The fourth-order valence-electron chi connectivity index (χ4n) is 4.16. The summed E-state index contributed by atoms with van der Waals surface area (Å²) in [5.74, 6) is 0.185. The number of benzene rings is 3. The molecule has 1 nitrogen and oxygen atoms in total. The molecule has 32 heavy (non-hydrogen) atoms. The molecule has 0 radical (unpaired) electrons. The van der Waals surface area contributed by atoms with Crippen molar-refractivity contribution in [3.63, 3.8) is 0 Å². The molecule has 3 rings (SSSR count). The zero-order valence-electron chi connectivity index (χ0n) is 19.0. The Morgan fingerprint density at radius 1 is 0.656 bits per heavy atom. The van der Waals surface area contributed by atoms with Gasteiger partial charge in [0.25, 0.3) is 0 Å². The van der Waals surface area contributed by atoms with E-state index in [0.717, 1.165) is 28.7 Å². The van der Waals surface area contributed by atoms with Gasteiger partial charge in [0.1, 0.15) is 5.75 Å². The molecule has 0 aliphatic carbocycles. The lowest BCUT2D eigenvalue weighted by Gasteiger charge is -2.14. The smallest absolute Gasteiger partial charge is 0.387 e. The van der Waals surface area contributed by atoms with Crippen LogP contribution in [-0.4, -0.2) is 6.61 Å². The van der Waals surface area contributed by atoms with E-state index in [1.165, 1.54) is 56.9 Å². The lowest BCUT2D eigenvalue weighted by atomic mass is 9.91. The van der Waals surface area contributed by atoms with Crippen molar-refractivity contribution in [3.8, 4) is 28.0 Å². The number of rotatable bonds is 13. The van der Waals surface area contributed by atoms with Gasteiger partial charge in [0.05, 0.1) is 0 Å². The molecule has 0 aliphatic rings. The summed E-state index contributed by atoms with van der Waals surface area (Å²) in [7, 11) is 0. The van der Waals surface area contributed by atoms with Crippen LogP contribution in [0, 0.1) is 0 Å². The van der Waals surface area contributed by atoms with Crippen LogP contribution in [0.5, 0.6) is 5.75 Å². The van der Waals surface area contributed by atoms with E-state index in [1.54, 1.807) is 18.2 Å². The number of unbranched alkanes of at least 4 members (excludes halogenated alkanes) is 7. The van der Waals surface area contributed by atoms with Crippen molar-refractivity contribution in [1.82, 2.24) is 0 Å². The Morgan fingerprint density at radius 3 is 2.06 bits per heavy atom. The molecule has 3 heteroatoms. The summed E-state index contributed by atoms with van der Waals surface area (Å²) in [6.07, 6.45) is 11.4. The third-order valence-electron chi connectivity index (χ3n) is 5.86. The zero-order chi connectivity index (χ0) is 22.6. The summed E-state index contributed by atoms with van der Waals surface area (Å²) in [5.41, 5.74) is 5.43. The Kier molecular flexibility index (Phi) is 9.74. The van der Waals surface area contributed by atoms with E-state index in [0.29, 0.717) is 0 Å². The maximum Gasteiger partial charge on any atom is 0.387 e. The molecule has 0 spiro atoms. The Bertz CT molecular complexity index is 937.